The Labute approximate surface area is 178 Å². The minimum Gasteiger partial charge on any atom is -0.491 e. The van der Waals surface area contributed by atoms with Crippen LogP contribution in [-0.2, 0) is 4.74 Å². The lowest BCUT2D eigenvalue weighted by atomic mass is 10.1. The Hall–Kier alpha value is -3.49. The van der Waals surface area contributed by atoms with Gasteiger partial charge in [-0.05, 0) is 29.0 Å². The smallest absolute Gasteiger partial charge is 0.273 e. The van der Waals surface area contributed by atoms with Crippen LogP contribution in [0.25, 0.3) is 33.3 Å². The molecule has 0 N–H and O–H groups in total. The maximum atomic E-state index is 11.1. The standard InChI is InChI=1S/C23H21N3O5/c27-26(28)18-5-6-20-22(15-18)31-23(24-20)19-13-16-3-1-2-4-17(16)14-21(19)30-12-9-25-7-10-29-11-8-25/h1-6,13-15H,7-12H2. The van der Waals surface area contributed by atoms with Gasteiger partial charge in [-0.25, -0.2) is 4.98 Å². The lowest BCUT2D eigenvalue weighted by molar-refractivity contribution is -0.384. The molecule has 0 amide bonds. The maximum absolute atomic E-state index is 11.1. The molecule has 0 aliphatic carbocycles. The van der Waals surface area contributed by atoms with Gasteiger partial charge in [0.1, 0.15) is 17.9 Å². The van der Waals surface area contributed by atoms with Crippen LogP contribution in [0, 0.1) is 10.1 Å². The summed E-state index contributed by atoms with van der Waals surface area (Å²) in [6, 6.07) is 16.4. The van der Waals surface area contributed by atoms with E-state index in [0.717, 1.165) is 49.2 Å². The van der Waals surface area contributed by atoms with E-state index < -0.39 is 4.92 Å². The predicted octanol–water partition coefficient (Wildman–Crippen LogP) is 4.27. The number of morpholine rings is 1. The first-order valence-electron chi connectivity index (χ1n) is 10.2. The number of oxazole rings is 1. The zero-order valence-corrected chi connectivity index (χ0v) is 16.8. The molecular weight excluding hydrogens is 398 g/mol. The topological polar surface area (TPSA) is 90.9 Å². The molecule has 1 fully saturated rings. The van der Waals surface area contributed by atoms with E-state index >= 15 is 0 Å². The summed E-state index contributed by atoms with van der Waals surface area (Å²) in [6.45, 7) is 4.62. The largest absolute Gasteiger partial charge is 0.491 e. The molecule has 4 aromatic rings. The van der Waals surface area contributed by atoms with Crippen LogP contribution < -0.4 is 4.74 Å². The Bertz CT molecular complexity index is 1250. The second-order valence-corrected chi connectivity index (χ2v) is 7.43. The van der Waals surface area contributed by atoms with E-state index in [1.54, 1.807) is 6.07 Å². The van der Waals surface area contributed by atoms with Crippen molar-refractivity contribution in [2.45, 2.75) is 0 Å². The van der Waals surface area contributed by atoms with E-state index in [0.29, 0.717) is 29.3 Å². The molecule has 3 aromatic carbocycles. The van der Waals surface area contributed by atoms with Gasteiger partial charge in [-0.2, -0.15) is 0 Å². The predicted molar refractivity (Wildman–Crippen MR) is 116 cm³/mol. The fourth-order valence-electron chi connectivity index (χ4n) is 3.76. The molecule has 0 bridgehead atoms. The normalized spacial score (nSPS) is 14.8. The van der Waals surface area contributed by atoms with E-state index in [2.05, 4.69) is 9.88 Å². The summed E-state index contributed by atoms with van der Waals surface area (Å²) in [7, 11) is 0. The fraction of sp³-hybridized carbons (Fsp3) is 0.261. The van der Waals surface area contributed by atoms with Gasteiger partial charge in [0, 0.05) is 25.7 Å². The molecular formula is C23H21N3O5. The highest BCUT2D eigenvalue weighted by molar-refractivity contribution is 5.90. The number of nitro groups is 1. The van der Waals surface area contributed by atoms with Crippen molar-refractivity contribution in [3.05, 3.63) is 64.7 Å². The van der Waals surface area contributed by atoms with Crippen molar-refractivity contribution in [1.82, 2.24) is 9.88 Å². The molecule has 8 nitrogen and oxygen atoms in total. The lowest BCUT2D eigenvalue weighted by Crippen LogP contribution is -2.38. The Morgan fingerprint density at radius 3 is 2.61 bits per heavy atom. The molecule has 0 spiro atoms. The van der Waals surface area contributed by atoms with Gasteiger partial charge in [0.2, 0.25) is 5.89 Å². The van der Waals surface area contributed by atoms with Crippen LogP contribution in [0.1, 0.15) is 0 Å². The van der Waals surface area contributed by atoms with Crippen molar-refractivity contribution in [2.75, 3.05) is 39.5 Å². The van der Waals surface area contributed by atoms with E-state index in [4.69, 9.17) is 13.9 Å². The number of aromatic nitrogens is 1. The van der Waals surface area contributed by atoms with Gasteiger partial charge in [0.05, 0.1) is 29.8 Å². The third kappa shape index (κ3) is 4.08. The van der Waals surface area contributed by atoms with Crippen LogP contribution >= 0.6 is 0 Å². The maximum Gasteiger partial charge on any atom is 0.273 e. The first-order valence-corrected chi connectivity index (χ1v) is 10.2. The first kappa shape index (κ1) is 19.5. The van der Waals surface area contributed by atoms with Crippen molar-refractivity contribution < 1.29 is 18.8 Å². The zero-order chi connectivity index (χ0) is 21.2. The Balaban J connectivity index is 1.49. The highest BCUT2D eigenvalue weighted by atomic mass is 16.6. The fourth-order valence-corrected chi connectivity index (χ4v) is 3.76. The number of hydrogen-bond acceptors (Lipinski definition) is 7. The molecule has 158 valence electrons. The molecule has 0 saturated carbocycles. The van der Waals surface area contributed by atoms with Gasteiger partial charge < -0.3 is 13.9 Å². The molecule has 31 heavy (non-hydrogen) atoms. The van der Waals surface area contributed by atoms with E-state index in [1.165, 1.54) is 12.1 Å². The first-order chi connectivity index (χ1) is 15.2. The van der Waals surface area contributed by atoms with Crippen molar-refractivity contribution in [3.8, 4) is 17.2 Å². The van der Waals surface area contributed by atoms with Crippen LogP contribution in [0.3, 0.4) is 0 Å². The molecule has 1 aliphatic rings. The van der Waals surface area contributed by atoms with Crippen LogP contribution in [0.2, 0.25) is 0 Å². The minimum atomic E-state index is -0.447. The third-order valence-corrected chi connectivity index (χ3v) is 5.43. The Kier molecular flexibility index (Phi) is 5.23. The number of rotatable bonds is 6. The van der Waals surface area contributed by atoms with E-state index in [-0.39, 0.29) is 5.69 Å². The molecule has 0 unspecified atom stereocenters. The SMILES string of the molecule is O=[N+]([O-])c1ccc2nc(-c3cc4ccccc4cc3OCCN3CCOCC3)oc2c1. The molecule has 0 radical (unpaired) electrons. The van der Waals surface area contributed by atoms with Crippen LogP contribution in [0.15, 0.2) is 59.0 Å². The van der Waals surface area contributed by atoms with Crippen LogP contribution in [0.4, 0.5) is 5.69 Å². The van der Waals surface area contributed by atoms with Gasteiger partial charge in [0.15, 0.2) is 5.58 Å². The quantitative estimate of drug-likeness (QED) is 0.340. The number of fused-ring (bicyclic) bond motifs is 2. The van der Waals surface area contributed by atoms with Crippen molar-refractivity contribution in [2.24, 2.45) is 0 Å². The monoisotopic (exact) mass is 419 g/mol. The lowest BCUT2D eigenvalue weighted by Gasteiger charge is -2.26. The molecule has 5 rings (SSSR count). The number of nitrogens with zero attached hydrogens (tertiary/aromatic N) is 3. The summed E-state index contributed by atoms with van der Waals surface area (Å²) in [6.07, 6.45) is 0. The number of hydrogen-bond donors (Lipinski definition) is 0. The number of benzene rings is 3. The summed E-state index contributed by atoms with van der Waals surface area (Å²) in [5, 5.41) is 13.2. The van der Waals surface area contributed by atoms with Gasteiger partial charge in [0.25, 0.3) is 5.69 Å². The van der Waals surface area contributed by atoms with Crippen molar-refractivity contribution in [1.29, 1.82) is 0 Å². The van der Waals surface area contributed by atoms with Gasteiger partial charge in [-0.15, -0.1) is 0 Å². The third-order valence-electron chi connectivity index (χ3n) is 5.43. The van der Waals surface area contributed by atoms with Crippen molar-refractivity contribution >= 4 is 27.6 Å². The number of ether oxygens (including phenoxy) is 2. The second-order valence-electron chi connectivity index (χ2n) is 7.43. The van der Waals surface area contributed by atoms with Crippen molar-refractivity contribution in [3.63, 3.8) is 0 Å². The Morgan fingerprint density at radius 1 is 1.06 bits per heavy atom. The van der Waals surface area contributed by atoms with Gasteiger partial charge in [-0.1, -0.05) is 24.3 Å². The average Bonchev–Trinajstić information content (AvgIpc) is 3.22. The van der Waals surface area contributed by atoms with Crippen LogP contribution in [0.5, 0.6) is 5.75 Å². The summed E-state index contributed by atoms with van der Waals surface area (Å²) < 4.78 is 17.5. The van der Waals surface area contributed by atoms with E-state index in [1.807, 2.05) is 36.4 Å². The average molecular weight is 419 g/mol. The Morgan fingerprint density at radius 2 is 1.84 bits per heavy atom. The minimum absolute atomic E-state index is 0.0318. The molecule has 1 saturated heterocycles. The molecule has 1 aliphatic heterocycles. The van der Waals surface area contributed by atoms with Gasteiger partial charge >= 0.3 is 0 Å². The second kappa shape index (κ2) is 8.33. The molecule has 8 heteroatoms. The van der Waals surface area contributed by atoms with Crippen LogP contribution in [-0.4, -0.2) is 54.3 Å². The van der Waals surface area contributed by atoms with E-state index in [9.17, 15) is 10.1 Å². The van der Waals surface area contributed by atoms with Gasteiger partial charge in [-0.3, -0.25) is 15.0 Å². The highest BCUT2D eigenvalue weighted by Crippen LogP contribution is 2.36. The summed E-state index contributed by atoms with van der Waals surface area (Å²) >= 11 is 0. The summed E-state index contributed by atoms with van der Waals surface area (Å²) in [4.78, 5) is 17.5. The molecule has 0 atom stereocenters. The zero-order valence-electron chi connectivity index (χ0n) is 16.8. The highest BCUT2D eigenvalue weighted by Gasteiger charge is 2.18. The molecule has 2 heterocycles. The number of non-ortho nitro benzene ring substituents is 1. The number of nitro benzene ring substituents is 1. The summed E-state index contributed by atoms with van der Waals surface area (Å²) in [5.41, 5.74) is 1.62. The summed E-state index contributed by atoms with van der Waals surface area (Å²) in [5.74, 6) is 1.05. The molecule has 1 aromatic heterocycles.